The molecule has 1 aliphatic heterocycles. The van der Waals surface area contributed by atoms with E-state index in [4.69, 9.17) is 5.11 Å². The fourth-order valence-corrected chi connectivity index (χ4v) is 2.19. The van der Waals surface area contributed by atoms with Crippen molar-refractivity contribution in [1.82, 2.24) is 0 Å². The summed E-state index contributed by atoms with van der Waals surface area (Å²) >= 11 is 0. The Kier molecular flexibility index (Phi) is 3.13. The summed E-state index contributed by atoms with van der Waals surface area (Å²) in [6.45, 7) is 2.06. The highest BCUT2D eigenvalue weighted by Crippen LogP contribution is 2.30. The third kappa shape index (κ3) is 2.16. The van der Waals surface area contributed by atoms with Crippen molar-refractivity contribution in [2.24, 2.45) is 5.92 Å². The molecule has 2 rings (SSSR count). The number of aliphatic carboxylic acids is 1. The Morgan fingerprint density at radius 3 is 2.76 bits per heavy atom. The first-order chi connectivity index (χ1) is 8.13. The zero-order chi connectivity index (χ0) is 12.4. The predicted molar refractivity (Wildman–Crippen MR) is 63.9 cm³/mol. The van der Waals surface area contributed by atoms with Crippen molar-refractivity contribution in [2.75, 3.05) is 11.4 Å². The minimum Gasteiger partial charge on any atom is -0.481 e. The zero-order valence-corrected chi connectivity index (χ0v) is 9.72. The molecule has 0 aromatic heterocycles. The van der Waals surface area contributed by atoms with Gasteiger partial charge in [-0.2, -0.15) is 0 Å². The highest BCUT2D eigenvalue weighted by atomic mass is 16.4. The van der Waals surface area contributed by atoms with E-state index in [-0.39, 0.29) is 12.5 Å². The average molecular weight is 233 g/mol. The van der Waals surface area contributed by atoms with Gasteiger partial charge in [-0.05, 0) is 18.1 Å². The molecule has 1 aliphatic rings. The van der Waals surface area contributed by atoms with Gasteiger partial charge in [-0.1, -0.05) is 25.1 Å². The minimum atomic E-state index is -0.839. The standard InChI is InChI=1S/C13H15NO3/c1-2-12(15)14-8-10(13(16)17)7-9-5-3-4-6-11(9)14/h3-6,10H,2,7-8H2,1H3,(H,16,17). The van der Waals surface area contributed by atoms with Crippen LogP contribution in [0.25, 0.3) is 0 Å². The number of carbonyl (C=O) groups excluding carboxylic acids is 1. The van der Waals surface area contributed by atoms with Gasteiger partial charge >= 0.3 is 5.97 Å². The van der Waals surface area contributed by atoms with Gasteiger partial charge < -0.3 is 10.0 Å². The molecule has 17 heavy (non-hydrogen) atoms. The molecule has 0 bridgehead atoms. The quantitative estimate of drug-likeness (QED) is 0.845. The number of hydrogen-bond donors (Lipinski definition) is 1. The zero-order valence-electron chi connectivity index (χ0n) is 9.72. The van der Waals surface area contributed by atoms with E-state index >= 15 is 0 Å². The number of hydrogen-bond acceptors (Lipinski definition) is 2. The van der Waals surface area contributed by atoms with Crippen molar-refractivity contribution in [3.8, 4) is 0 Å². The molecule has 1 aromatic rings. The molecule has 0 fully saturated rings. The van der Waals surface area contributed by atoms with E-state index in [1.807, 2.05) is 24.3 Å². The van der Waals surface area contributed by atoms with E-state index in [0.717, 1.165) is 11.3 Å². The van der Waals surface area contributed by atoms with Gasteiger partial charge in [0.15, 0.2) is 0 Å². The molecule has 90 valence electrons. The lowest BCUT2D eigenvalue weighted by atomic mass is 9.92. The number of carboxylic acid groups (broad SMARTS) is 1. The van der Waals surface area contributed by atoms with Crippen molar-refractivity contribution in [3.05, 3.63) is 29.8 Å². The first-order valence-electron chi connectivity index (χ1n) is 5.74. The predicted octanol–water partition coefficient (Wildman–Crippen LogP) is 1.69. The summed E-state index contributed by atoms with van der Waals surface area (Å²) in [5.74, 6) is -1.36. The SMILES string of the molecule is CCC(=O)N1CC(C(=O)O)Cc2ccccc21. The summed E-state index contributed by atoms with van der Waals surface area (Å²) in [5.41, 5.74) is 1.80. The van der Waals surface area contributed by atoms with E-state index in [2.05, 4.69) is 0 Å². The molecular weight excluding hydrogens is 218 g/mol. The summed E-state index contributed by atoms with van der Waals surface area (Å²) in [7, 11) is 0. The molecule has 1 aromatic carbocycles. The summed E-state index contributed by atoms with van der Waals surface area (Å²) in [6, 6.07) is 7.51. The van der Waals surface area contributed by atoms with E-state index in [1.54, 1.807) is 11.8 Å². The second kappa shape index (κ2) is 4.57. The van der Waals surface area contributed by atoms with Gasteiger partial charge in [-0.15, -0.1) is 0 Å². The second-order valence-electron chi connectivity index (χ2n) is 4.23. The van der Waals surface area contributed by atoms with Crippen LogP contribution in [0.4, 0.5) is 5.69 Å². The Balaban J connectivity index is 2.39. The topological polar surface area (TPSA) is 57.6 Å². The van der Waals surface area contributed by atoms with Crippen molar-refractivity contribution in [2.45, 2.75) is 19.8 Å². The molecule has 0 radical (unpaired) electrons. The van der Waals surface area contributed by atoms with Gasteiger partial charge in [-0.25, -0.2) is 0 Å². The molecule has 1 amide bonds. The number of nitrogens with zero attached hydrogens (tertiary/aromatic N) is 1. The lowest BCUT2D eigenvalue weighted by Crippen LogP contribution is -2.42. The van der Waals surface area contributed by atoms with Gasteiger partial charge in [0.25, 0.3) is 0 Å². The molecule has 0 aliphatic carbocycles. The first-order valence-corrected chi connectivity index (χ1v) is 5.74. The van der Waals surface area contributed by atoms with E-state index < -0.39 is 11.9 Å². The number of fused-ring (bicyclic) bond motifs is 1. The molecule has 1 heterocycles. The fourth-order valence-electron chi connectivity index (χ4n) is 2.19. The normalized spacial score (nSPS) is 18.6. The Labute approximate surface area is 99.9 Å². The molecular formula is C13H15NO3. The van der Waals surface area contributed by atoms with E-state index in [0.29, 0.717) is 12.8 Å². The van der Waals surface area contributed by atoms with Crippen LogP contribution in [0.3, 0.4) is 0 Å². The number of benzene rings is 1. The highest BCUT2D eigenvalue weighted by molar-refractivity contribution is 5.95. The summed E-state index contributed by atoms with van der Waals surface area (Å²) < 4.78 is 0. The third-order valence-corrected chi connectivity index (χ3v) is 3.10. The summed E-state index contributed by atoms with van der Waals surface area (Å²) in [4.78, 5) is 24.5. The molecule has 1 atom stereocenters. The average Bonchev–Trinajstić information content (AvgIpc) is 2.36. The maximum Gasteiger partial charge on any atom is 0.308 e. The molecule has 0 saturated heterocycles. The van der Waals surface area contributed by atoms with Gasteiger partial charge in [0.2, 0.25) is 5.91 Å². The summed E-state index contributed by atoms with van der Waals surface area (Å²) in [5, 5.41) is 9.10. The van der Waals surface area contributed by atoms with Crippen molar-refractivity contribution >= 4 is 17.6 Å². The molecule has 1 unspecified atom stereocenters. The summed E-state index contributed by atoms with van der Waals surface area (Å²) in [6.07, 6.45) is 0.889. The van der Waals surface area contributed by atoms with Crippen molar-refractivity contribution < 1.29 is 14.7 Å². The third-order valence-electron chi connectivity index (χ3n) is 3.10. The lowest BCUT2D eigenvalue weighted by Gasteiger charge is -2.32. The van der Waals surface area contributed by atoms with Crippen LogP contribution >= 0.6 is 0 Å². The van der Waals surface area contributed by atoms with E-state index in [1.165, 1.54) is 0 Å². The maximum atomic E-state index is 11.8. The van der Waals surface area contributed by atoms with Crippen LogP contribution in [0.2, 0.25) is 0 Å². The molecule has 4 heteroatoms. The Hall–Kier alpha value is -1.84. The fraction of sp³-hybridized carbons (Fsp3) is 0.385. The van der Waals surface area contributed by atoms with Crippen LogP contribution in [-0.4, -0.2) is 23.5 Å². The largest absolute Gasteiger partial charge is 0.481 e. The van der Waals surface area contributed by atoms with Crippen LogP contribution in [-0.2, 0) is 16.0 Å². The highest BCUT2D eigenvalue weighted by Gasteiger charge is 2.31. The van der Waals surface area contributed by atoms with Crippen LogP contribution < -0.4 is 4.90 Å². The number of carboxylic acids is 1. The minimum absolute atomic E-state index is 0.0246. The van der Waals surface area contributed by atoms with Gasteiger partial charge in [-0.3, -0.25) is 9.59 Å². The monoisotopic (exact) mass is 233 g/mol. The number of amides is 1. The van der Waals surface area contributed by atoms with Crippen molar-refractivity contribution in [3.63, 3.8) is 0 Å². The van der Waals surface area contributed by atoms with Crippen LogP contribution in [0.15, 0.2) is 24.3 Å². The number of anilines is 1. The van der Waals surface area contributed by atoms with Crippen LogP contribution in [0.1, 0.15) is 18.9 Å². The number of carbonyl (C=O) groups is 2. The Morgan fingerprint density at radius 2 is 2.12 bits per heavy atom. The lowest BCUT2D eigenvalue weighted by molar-refractivity contribution is -0.141. The second-order valence-corrected chi connectivity index (χ2v) is 4.23. The smallest absolute Gasteiger partial charge is 0.308 e. The van der Waals surface area contributed by atoms with Gasteiger partial charge in [0.05, 0.1) is 5.92 Å². The number of para-hydroxylation sites is 1. The van der Waals surface area contributed by atoms with Crippen molar-refractivity contribution in [1.29, 1.82) is 0 Å². The van der Waals surface area contributed by atoms with Crippen LogP contribution in [0, 0.1) is 5.92 Å². The van der Waals surface area contributed by atoms with Gasteiger partial charge in [0.1, 0.15) is 0 Å². The maximum absolute atomic E-state index is 11.8. The first kappa shape index (κ1) is 11.6. The van der Waals surface area contributed by atoms with Crippen LogP contribution in [0.5, 0.6) is 0 Å². The number of rotatable bonds is 2. The molecule has 0 saturated carbocycles. The Bertz CT molecular complexity index is 456. The van der Waals surface area contributed by atoms with E-state index in [9.17, 15) is 9.59 Å². The Morgan fingerprint density at radius 1 is 1.41 bits per heavy atom. The molecule has 4 nitrogen and oxygen atoms in total. The molecule has 0 spiro atoms. The van der Waals surface area contributed by atoms with Gasteiger partial charge in [0, 0.05) is 18.7 Å². The molecule has 1 N–H and O–H groups in total.